The van der Waals surface area contributed by atoms with E-state index in [1.165, 1.54) is 12.8 Å². The normalized spacial score (nSPS) is 20.0. The maximum atomic E-state index is 12.5. The van der Waals surface area contributed by atoms with Crippen LogP contribution >= 0.6 is 28.1 Å². The third-order valence-electron chi connectivity index (χ3n) is 4.57. The lowest BCUT2D eigenvalue weighted by molar-refractivity contribution is 0.0879. The molecule has 1 atom stereocenters. The van der Waals surface area contributed by atoms with Crippen molar-refractivity contribution in [2.75, 3.05) is 19.7 Å². The number of rotatable bonds is 5. The first kappa shape index (κ1) is 17.8. The summed E-state index contributed by atoms with van der Waals surface area (Å²) in [6, 6.07) is 5.58. The van der Waals surface area contributed by atoms with E-state index in [1.807, 2.05) is 25.1 Å². The van der Waals surface area contributed by atoms with Gasteiger partial charge in [-0.05, 0) is 68.4 Å². The average molecular weight is 411 g/mol. The van der Waals surface area contributed by atoms with Crippen molar-refractivity contribution < 1.29 is 9.53 Å². The Kier molecular flexibility index (Phi) is 5.89. The SMILES string of the molecule is Cc1ccc(C(=O)NC(=S)N(CC2CC2)CC2CCCO2)cc1Br. The molecule has 6 heteroatoms. The lowest BCUT2D eigenvalue weighted by Crippen LogP contribution is -2.46. The minimum Gasteiger partial charge on any atom is -0.376 e. The Labute approximate surface area is 157 Å². The summed E-state index contributed by atoms with van der Waals surface area (Å²) in [4.78, 5) is 14.6. The molecular weight excluding hydrogens is 388 g/mol. The van der Waals surface area contributed by atoms with E-state index in [4.69, 9.17) is 17.0 Å². The van der Waals surface area contributed by atoms with Gasteiger partial charge in [-0.2, -0.15) is 0 Å². The predicted molar refractivity (Wildman–Crippen MR) is 102 cm³/mol. The summed E-state index contributed by atoms with van der Waals surface area (Å²) >= 11 is 8.99. The molecule has 1 N–H and O–H groups in total. The van der Waals surface area contributed by atoms with E-state index in [9.17, 15) is 4.79 Å². The summed E-state index contributed by atoms with van der Waals surface area (Å²) in [5.41, 5.74) is 1.71. The second-order valence-electron chi connectivity index (χ2n) is 6.71. The standard InChI is InChI=1S/C18H23BrN2O2S/c1-12-4-7-14(9-16(12)19)17(22)20-18(24)21(10-13-5-6-13)11-15-3-2-8-23-15/h4,7,9,13,15H,2-3,5-6,8,10-11H2,1H3,(H,20,22,24). The number of carbonyl (C=O) groups excluding carboxylic acids is 1. The Morgan fingerprint density at radius 3 is 2.79 bits per heavy atom. The Morgan fingerprint density at radius 2 is 2.17 bits per heavy atom. The van der Waals surface area contributed by atoms with Gasteiger partial charge in [-0.1, -0.05) is 22.0 Å². The zero-order valence-electron chi connectivity index (χ0n) is 13.9. The molecule has 0 spiro atoms. The van der Waals surface area contributed by atoms with E-state index in [2.05, 4.69) is 26.1 Å². The van der Waals surface area contributed by atoms with Crippen molar-refractivity contribution >= 4 is 39.2 Å². The fourth-order valence-electron chi connectivity index (χ4n) is 2.87. The van der Waals surface area contributed by atoms with E-state index < -0.39 is 0 Å². The van der Waals surface area contributed by atoms with Crippen LogP contribution < -0.4 is 5.32 Å². The minimum absolute atomic E-state index is 0.158. The molecule has 0 aromatic heterocycles. The molecular formula is C18H23BrN2O2S. The van der Waals surface area contributed by atoms with Crippen LogP contribution in [0.15, 0.2) is 22.7 Å². The number of ether oxygens (including phenoxy) is 1. The summed E-state index contributed by atoms with van der Waals surface area (Å²) in [5.74, 6) is 0.545. The van der Waals surface area contributed by atoms with E-state index in [0.717, 1.165) is 42.6 Å². The van der Waals surface area contributed by atoms with E-state index in [1.54, 1.807) is 0 Å². The number of carbonyl (C=O) groups is 1. The largest absolute Gasteiger partial charge is 0.376 e. The maximum absolute atomic E-state index is 12.5. The van der Waals surface area contributed by atoms with Crippen LogP contribution in [0, 0.1) is 12.8 Å². The number of nitrogens with one attached hydrogen (secondary N) is 1. The van der Waals surface area contributed by atoms with Crippen molar-refractivity contribution in [1.29, 1.82) is 0 Å². The molecule has 0 bridgehead atoms. The van der Waals surface area contributed by atoms with Crippen LogP contribution in [-0.2, 0) is 4.74 Å². The molecule has 24 heavy (non-hydrogen) atoms. The van der Waals surface area contributed by atoms with Crippen molar-refractivity contribution in [3.05, 3.63) is 33.8 Å². The Balaban J connectivity index is 1.62. The van der Waals surface area contributed by atoms with Crippen LogP contribution in [0.3, 0.4) is 0 Å². The van der Waals surface area contributed by atoms with E-state index in [-0.39, 0.29) is 12.0 Å². The quantitative estimate of drug-likeness (QED) is 0.751. The number of aryl methyl sites for hydroxylation is 1. The molecule has 1 amide bonds. The van der Waals surface area contributed by atoms with Gasteiger partial charge in [0.2, 0.25) is 0 Å². The minimum atomic E-state index is -0.158. The van der Waals surface area contributed by atoms with Crippen molar-refractivity contribution in [2.45, 2.75) is 38.7 Å². The molecule has 4 nitrogen and oxygen atoms in total. The molecule has 0 radical (unpaired) electrons. The van der Waals surface area contributed by atoms with Crippen LogP contribution in [0.5, 0.6) is 0 Å². The molecule has 1 saturated carbocycles. The Bertz CT molecular complexity index is 627. The fourth-order valence-corrected chi connectivity index (χ4v) is 3.49. The van der Waals surface area contributed by atoms with Crippen LogP contribution in [0.4, 0.5) is 0 Å². The van der Waals surface area contributed by atoms with E-state index >= 15 is 0 Å². The first-order valence-electron chi connectivity index (χ1n) is 8.51. The number of hydrogen-bond donors (Lipinski definition) is 1. The number of halogens is 1. The number of amides is 1. The van der Waals surface area contributed by atoms with Crippen molar-refractivity contribution in [3.8, 4) is 0 Å². The molecule has 2 fully saturated rings. The molecule has 1 aromatic rings. The number of hydrogen-bond acceptors (Lipinski definition) is 3. The Hall–Kier alpha value is -0.980. The number of nitrogens with zero attached hydrogens (tertiary/aromatic N) is 1. The van der Waals surface area contributed by atoms with Crippen LogP contribution in [0.1, 0.15) is 41.6 Å². The smallest absolute Gasteiger partial charge is 0.257 e. The van der Waals surface area contributed by atoms with Crippen molar-refractivity contribution in [1.82, 2.24) is 10.2 Å². The highest BCUT2D eigenvalue weighted by atomic mass is 79.9. The molecule has 1 saturated heterocycles. The summed E-state index contributed by atoms with van der Waals surface area (Å²) < 4.78 is 6.66. The molecule has 1 aliphatic carbocycles. The lowest BCUT2D eigenvalue weighted by Gasteiger charge is -2.28. The lowest BCUT2D eigenvalue weighted by atomic mass is 10.1. The van der Waals surface area contributed by atoms with Gasteiger partial charge < -0.3 is 9.64 Å². The first-order chi connectivity index (χ1) is 11.5. The fraction of sp³-hybridized carbons (Fsp3) is 0.556. The van der Waals surface area contributed by atoms with Gasteiger partial charge in [0.15, 0.2) is 5.11 Å². The molecule has 1 aliphatic heterocycles. The van der Waals surface area contributed by atoms with E-state index in [0.29, 0.717) is 16.6 Å². The van der Waals surface area contributed by atoms with Gasteiger partial charge in [-0.3, -0.25) is 10.1 Å². The topological polar surface area (TPSA) is 41.6 Å². The third kappa shape index (κ3) is 4.77. The molecule has 130 valence electrons. The van der Waals surface area contributed by atoms with Gasteiger partial charge in [0, 0.05) is 29.7 Å². The number of thiocarbonyl (C=S) groups is 1. The second-order valence-corrected chi connectivity index (χ2v) is 7.95. The molecule has 2 aliphatic rings. The zero-order valence-corrected chi connectivity index (χ0v) is 16.3. The summed E-state index contributed by atoms with van der Waals surface area (Å²) in [6.07, 6.45) is 4.92. The second kappa shape index (κ2) is 7.93. The summed E-state index contributed by atoms with van der Waals surface area (Å²) in [5, 5.41) is 3.41. The van der Waals surface area contributed by atoms with Gasteiger partial charge in [0.05, 0.1) is 6.10 Å². The molecule has 1 aromatic carbocycles. The highest BCUT2D eigenvalue weighted by Gasteiger charge is 2.28. The monoisotopic (exact) mass is 410 g/mol. The Morgan fingerprint density at radius 1 is 1.38 bits per heavy atom. The van der Waals surface area contributed by atoms with Gasteiger partial charge in [0.1, 0.15) is 0 Å². The maximum Gasteiger partial charge on any atom is 0.257 e. The highest BCUT2D eigenvalue weighted by Crippen LogP contribution is 2.30. The van der Waals surface area contributed by atoms with Crippen LogP contribution in [0.2, 0.25) is 0 Å². The van der Waals surface area contributed by atoms with Crippen molar-refractivity contribution in [3.63, 3.8) is 0 Å². The van der Waals surface area contributed by atoms with Gasteiger partial charge in [0.25, 0.3) is 5.91 Å². The highest BCUT2D eigenvalue weighted by molar-refractivity contribution is 9.10. The van der Waals surface area contributed by atoms with Gasteiger partial charge >= 0.3 is 0 Å². The van der Waals surface area contributed by atoms with Crippen LogP contribution in [0.25, 0.3) is 0 Å². The predicted octanol–water partition coefficient (Wildman–Crippen LogP) is 3.66. The zero-order chi connectivity index (χ0) is 17.1. The first-order valence-corrected chi connectivity index (χ1v) is 9.71. The van der Waals surface area contributed by atoms with Crippen LogP contribution in [-0.4, -0.2) is 41.7 Å². The van der Waals surface area contributed by atoms with Crippen molar-refractivity contribution in [2.24, 2.45) is 5.92 Å². The summed E-state index contributed by atoms with van der Waals surface area (Å²) in [7, 11) is 0. The van der Waals surface area contributed by atoms with Gasteiger partial charge in [-0.15, -0.1) is 0 Å². The number of benzene rings is 1. The molecule has 3 rings (SSSR count). The third-order valence-corrected chi connectivity index (χ3v) is 5.78. The average Bonchev–Trinajstić information content (AvgIpc) is 3.22. The van der Waals surface area contributed by atoms with Gasteiger partial charge in [-0.25, -0.2) is 0 Å². The summed E-state index contributed by atoms with van der Waals surface area (Å²) in [6.45, 7) is 4.51. The molecule has 1 unspecified atom stereocenters. The molecule has 1 heterocycles.